The van der Waals surface area contributed by atoms with Crippen molar-refractivity contribution in [1.29, 1.82) is 0 Å². The van der Waals surface area contributed by atoms with Crippen LogP contribution in [-0.4, -0.2) is 23.3 Å². The lowest BCUT2D eigenvalue weighted by Crippen LogP contribution is -2.44. The first-order valence-corrected chi connectivity index (χ1v) is 12.6. The molecular weight excluding hydrogens is 460 g/mol. The molecule has 0 spiro atoms. The van der Waals surface area contributed by atoms with Crippen LogP contribution >= 0.6 is 0 Å². The summed E-state index contributed by atoms with van der Waals surface area (Å²) in [6.07, 6.45) is 0. The highest BCUT2D eigenvalue weighted by Crippen LogP contribution is 2.21. The minimum atomic E-state index is -0.386. The van der Waals surface area contributed by atoms with Gasteiger partial charge in [-0.25, -0.2) is 0 Å². The van der Waals surface area contributed by atoms with Crippen LogP contribution in [0.15, 0.2) is 109 Å². The first kappa shape index (κ1) is 26.1. The van der Waals surface area contributed by atoms with Crippen molar-refractivity contribution < 1.29 is 14.3 Å². The molecular formula is C32H34N2O3. The molecule has 4 rings (SSSR count). The van der Waals surface area contributed by atoms with Crippen LogP contribution in [0.4, 0.5) is 0 Å². The van der Waals surface area contributed by atoms with E-state index in [1.54, 1.807) is 6.92 Å². The van der Waals surface area contributed by atoms with Gasteiger partial charge in [0.1, 0.15) is 30.5 Å². The lowest BCUT2D eigenvalue weighted by Gasteiger charge is -2.29. The largest absolute Gasteiger partial charge is 0.489 e. The summed E-state index contributed by atoms with van der Waals surface area (Å²) in [7, 11) is 0. The topological polar surface area (TPSA) is 64.8 Å². The number of nitrogens with two attached hydrogens (primary N) is 1. The predicted octanol–water partition coefficient (Wildman–Crippen LogP) is 5.76. The van der Waals surface area contributed by atoms with E-state index in [1.807, 2.05) is 97.1 Å². The van der Waals surface area contributed by atoms with Crippen molar-refractivity contribution in [1.82, 2.24) is 4.90 Å². The third kappa shape index (κ3) is 8.04. The standard InChI is InChI=1S/C32H34N2O3/c1-25(35)32(20-33)34(21-28-14-8-16-30(18-28)36-23-26-10-4-2-5-11-26)22-29-15-9-17-31(19-29)37-24-27-12-6-3-7-13-27/h2-19,32H,20-24,33H2,1H3/t32-/m0/s1. The fourth-order valence-electron chi connectivity index (χ4n) is 4.27. The summed E-state index contributed by atoms with van der Waals surface area (Å²) in [5, 5.41) is 0. The summed E-state index contributed by atoms with van der Waals surface area (Å²) in [4.78, 5) is 14.6. The molecule has 0 heterocycles. The highest BCUT2D eigenvalue weighted by Gasteiger charge is 2.22. The van der Waals surface area contributed by atoms with Gasteiger partial charge in [-0.1, -0.05) is 84.9 Å². The van der Waals surface area contributed by atoms with Crippen molar-refractivity contribution in [3.63, 3.8) is 0 Å². The van der Waals surface area contributed by atoms with E-state index in [4.69, 9.17) is 15.2 Å². The Hall–Kier alpha value is -3.93. The predicted molar refractivity (Wildman–Crippen MR) is 147 cm³/mol. The molecule has 190 valence electrons. The average Bonchev–Trinajstić information content (AvgIpc) is 2.92. The number of hydrogen-bond acceptors (Lipinski definition) is 5. The number of hydrogen-bond donors (Lipinski definition) is 1. The van der Waals surface area contributed by atoms with E-state index < -0.39 is 0 Å². The van der Waals surface area contributed by atoms with E-state index in [-0.39, 0.29) is 18.4 Å². The second-order valence-corrected chi connectivity index (χ2v) is 9.11. The molecule has 0 aliphatic heterocycles. The number of ketones is 1. The summed E-state index contributed by atoms with van der Waals surface area (Å²) < 4.78 is 12.0. The Morgan fingerprint density at radius 3 is 1.51 bits per heavy atom. The van der Waals surface area contributed by atoms with Gasteiger partial charge in [0.2, 0.25) is 0 Å². The Bertz CT molecular complexity index is 1170. The van der Waals surface area contributed by atoms with Crippen molar-refractivity contribution in [2.45, 2.75) is 39.3 Å². The number of carbonyl (C=O) groups is 1. The smallest absolute Gasteiger partial charge is 0.148 e. The van der Waals surface area contributed by atoms with Gasteiger partial charge < -0.3 is 15.2 Å². The van der Waals surface area contributed by atoms with E-state index in [0.29, 0.717) is 26.3 Å². The lowest BCUT2D eigenvalue weighted by atomic mass is 10.1. The summed E-state index contributed by atoms with van der Waals surface area (Å²) in [5.41, 5.74) is 10.4. The molecule has 0 bridgehead atoms. The van der Waals surface area contributed by atoms with Crippen molar-refractivity contribution >= 4 is 5.78 Å². The molecule has 0 saturated heterocycles. The fourth-order valence-corrected chi connectivity index (χ4v) is 4.27. The second-order valence-electron chi connectivity index (χ2n) is 9.11. The lowest BCUT2D eigenvalue weighted by molar-refractivity contribution is -0.122. The van der Waals surface area contributed by atoms with Gasteiger partial charge >= 0.3 is 0 Å². The molecule has 0 saturated carbocycles. The van der Waals surface area contributed by atoms with Crippen molar-refractivity contribution in [2.75, 3.05) is 6.54 Å². The normalized spacial score (nSPS) is 11.8. The Kier molecular flexibility index (Phi) is 9.47. The zero-order valence-corrected chi connectivity index (χ0v) is 21.3. The maximum absolute atomic E-state index is 12.5. The highest BCUT2D eigenvalue weighted by atomic mass is 16.5. The summed E-state index contributed by atoms with van der Waals surface area (Å²) >= 11 is 0. The van der Waals surface area contributed by atoms with Gasteiger partial charge in [0, 0.05) is 19.6 Å². The molecule has 0 aliphatic rings. The molecule has 0 amide bonds. The third-order valence-electron chi connectivity index (χ3n) is 6.20. The fraction of sp³-hybridized carbons (Fsp3) is 0.219. The van der Waals surface area contributed by atoms with Crippen LogP contribution in [0.1, 0.15) is 29.2 Å². The van der Waals surface area contributed by atoms with Crippen LogP contribution in [0, 0.1) is 0 Å². The van der Waals surface area contributed by atoms with E-state index in [2.05, 4.69) is 17.0 Å². The van der Waals surface area contributed by atoms with E-state index in [9.17, 15) is 4.79 Å². The molecule has 4 aromatic carbocycles. The zero-order valence-electron chi connectivity index (χ0n) is 21.3. The Morgan fingerprint density at radius 1 is 0.676 bits per heavy atom. The number of carbonyl (C=O) groups excluding carboxylic acids is 1. The third-order valence-corrected chi connectivity index (χ3v) is 6.20. The maximum atomic E-state index is 12.5. The van der Waals surface area contributed by atoms with E-state index in [0.717, 1.165) is 33.8 Å². The minimum Gasteiger partial charge on any atom is -0.489 e. The number of rotatable bonds is 13. The SMILES string of the molecule is CC(=O)[C@H](CN)N(Cc1cccc(OCc2ccccc2)c1)Cc1cccc(OCc2ccccc2)c1. The molecule has 4 aromatic rings. The molecule has 0 aromatic heterocycles. The average molecular weight is 495 g/mol. The minimum absolute atomic E-state index is 0.0514. The van der Waals surface area contributed by atoms with Gasteiger partial charge in [-0.3, -0.25) is 9.69 Å². The molecule has 5 heteroatoms. The second kappa shape index (κ2) is 13.4. The summed E-state index contributed by atoms with van der Waals surface area (Å²) in [6.45, 7) is 4.00. The van der Waals surface area contributed by atoms with Gasteiger partial charge in [0.15, 0.2) is 0 Å². The monoisotopic (exact) mass is 494 g/mol. The van der Waals surface area contributed by atoms with Gasteiger partial charge in [0.25, 0.3) is 0 Å². The Balaban J connectivity index is 1.46. The maximum Gasteiger partial charge on any atom is 0.148 e. The highest BCUT2D eigenvalue weighted by molar-refractivity contribution is 5.81. The van der Waals surface area contributed by atoms with Gasteiger partial charge in [-0.2, -0.15) is 0 Å². The van der Waals surface area contributed by atoms with Crippen molar-refractivity contribution in [3.05, 3.63) is 131 Å². The van der Waals surface area contributed by atoms with Gasteiger partial charge in [-0.05, 0) is 53.4 Å². The van der Waals surface area contributed by atoms with E-state index in [1.165, 1.54) is 0 Å². The van der Waals surface area contributed by atoms with Crippen LogP contribution in [0.3, 0.4) is 0 Å². The number of nitrogens with zero attached hydrogens (tertiary/aromatic N) is 1. The van der Waals surface area contributed by atoms with Crippen LogP contribution in [0.2, 0.25) is 0 Å². The quantitative estimate of drug-likeness (QED) is 0.256. The molecule has 0 aliphatic carbocycles. The van der Waals surface area contributed by atoms with Crippen molar-refractivity contribution in [2.24, 2.45) is 5.73 Å². The molecule has 0 radical (unpaired) electrons. The first-order chi connectivity index (χ1) is 18.1. The van der Waals surface area contributed by atoms with Crippen LogP contribution in [0.25, 0.3) is 0 Å². The van der Waals surface area contributed by atoms with Crippen LogP contribution in [0.5, 0.6) is 11.5 Å². The van der Waals surface area contributed by atoms with Crippen LogP contribution < -0.4 is 15.2 Å². The Labute approximate surface area is 219 Å². The summed E-state index contributed by atoms with van der Waals surface area (Å²) in [6, 6.07) is 35.8. The number of benzene rings is 4. The number of ether oxygens (including phenoxy) is 2. The zero-order chi connectivity index (χ0) is 25.9. The molecule has 1 atom stereocenters. The molecule has 0 unspecified atom stereocenters. The van der Waals surface area contributed by atoms with Gasteiger partial charge in [0.05, 0.1) is 6.04 Å². The molecule has 5 nitrogen and oxygen atoms in total. The Morgan fingerprint density at radius 2 is 1.11 bits per heavy atom. The first-order valence-electron chi connectivity index (χ1n) is 12.6. The molecule has 0 fully saturated rings. The summed E-state index contributed by atoms with van der Waals surface area (Å²) in [5.74, 6) is 1.64. The molecule has 37 heavy (non-hydrogen) atoms. The van der Waals surface area contributed by atoms with Gasteiger partial charge in [-0.15, -0.1) is 0 Å². The molecule has 2 N–H and O–H groups in total. The van der Waals surface area contributed by atoms with Crippen molar-refractivity contribution in [3.8, 4) is 11.5 Å². The van der Waals surface area contributed by atoms with Crippen LogP contribution in [-0.2, 0) is 31.1 Å². The van der Waals surface area contributed by atoms with E-state index >= 15 is 0 Å². The number of Topliss-reactive ketones (excluding diaryl/α,β-unsaturated/α-hetero) is 1.